The Labute approximate surface area is 191 Å². The number of carboxylic acid groups (broad SMARTS) is 1. The van der Waals surface area contributed by atoms with Gasteiger partial charge in [0.25, 0.3) is 0 Å². The highest BCUT2D eigenvalue weighted by Gasteiger charge is 2.69. The van der Waals surface area contributed by atoms with Crippen molar-refractivity contribution in [2.24, 2.45) is 29.6 Å². The number of methoxy groups -OCH3 is 1. The third kappa shape index (κ3) is 2.62. The van der Waals surface area contributed by atoms with Crippen molar-refractivity contribution in [3.8, 4) is 5.75 Å². The molecule has 0 spiro atoms. The maximum atomic E-state index is 13.1. The van der Waals surface area contributed by atoms with Crippen molar-refractivity contribution in [1.29, 1.82) is 0 Å². The molecule has 2 amide bonds. The second-order valence-corrected chi connectivity index (χ2v) is 11.1. The number of thiazole rings is 1. The minimum absolute atomic E-state index is 0.00690. The molecule has 2 aliphatic heterocycles. The topological polar surface area (TPSA) is 117 Å². The van der Waals surface area contributed by atoms with E-state index in [0.29, 0.717) is 0 Å². The third-order valence-electron chi connectivity index (χ3n) is 7.58. The number of carbonyl (C=O) groups excluding carboxylic acids is 2. The largest absolute Gasteiger partial charge is 0.497 e. The first-order valence-corrected chi connectivity index (χ1v) is 12.2. The Morgan fingerprint density at radius 1 is 1.16 bits per heavy atom. The van der Waals surface area contributed by atoms with Crippen molar-refractivity contribution in [2.45, 2.75) is 22.6 Å². The van der Waals surface area contributed by atoms with Gasteiger partial charge in [-0.05, 0) is 41.9 Å². The van der Waals surface area contributed by atoms with Gasteiger partial charge >= 0.3 is 10.8 Å². The van der Waals surface area contributed by atoms with Crippen LogP contribution < -0.4 is 9.61 Å². The van der Waals surface area contributed by atoms with Crippen molar-refractivity contribution < 1.29 is 24.2 Å². The molecule has 3 fully saturated rings. The summed E-state index contributed by atoms with van der Waals surface area (Å²) >= 11 is 2.83. The van der Waals surface area contributed by atoms with Crippen molar-refractivity contribution in [1.82, 2.24) is 9.88 Å². The lowest BCUT2D eigenvalue weighted by Gasteiger charge is -2.43. The van der Waals surface area contributed by atoms with Gasteiger partial charge in [-0.25, -0.2) is 0 Å². The Kier molecular flexibility index (Phi) is 4.36. The number of likely N-dealkylation sites (tertiary alicyclic amines) is 1. The van der Waals surface area contributed by atoms with Crippen LogP contribution >= 0.6 is 23.1 Å². The van der Waals surface area contributed by atoms with Gasteiger partial charge in [0.1, 0.15) is 12.3 Å². The lowest BCUT2D eigenvalue weighted by molar-refractivity contribution is -0.149. The Bertz CT molecular complexity index is 1200. The number of hydrogen-bond acceptors (Lipinski definition) is 7. The number of aromatic amines is 1. The highest BCUT2D eigenvalue weighted by Crippen LogP contribution is 2.68. The van der Waals surface area contributed by atoms with Crippen molar-refractivity contribution in [3.05, 3.63) is 44.4 Å². The molecule has 2 saturated carbocycles. The van der Waals surface area contributed by atoms with Gasteiger partial charge in [-0.15, -0.1) is 11.8 Å². The summed E-state index contributed by atoms with van der Waals surface area (Å²) in [5.41, 5.74) is 1.06. The molecule has 1 aromatic heterocycles. The van der Waals surface area contributed by atoms with Crippen LogP contribution in [0.3, 0.4) is 0 Å². The second-order valence-electron chi connectivity index (χ2n) is 8.89. The number of aliphatic carboxylic acids is 1. The van der Waals surface area contributed by atoms with Gasteiger partial charge in [0, 0.05) is 16.0 Å². The number of fused-ring (bicyclic) bond motifs is 9. The number of ether oxygens (including phenoxy) is 1. The molecular formula is C22H20N2O6S2. The zero-order chi connectivity index (χ0) is 22.3. The number of benzene rings is 1. The molecule has 8 nitrogen and oxygen atoms in total. The number of carboxylic acids is 1. The van der Waals surface area contributed by atoms with E-state index in [1.807, 2.05) is 24.3 Å². The zero-order valence-corrected chi connectivity index (χ0v) is 18.7. The monoisotopic (exact) mass is 472 g/mol. The molecule has 10 heteroatoms. The fourth-order valence-corrected chi connectivity index (χ4v) is 9.44. The van der Waals surface area contributed by atoms with Crippen molar-refractivity contribution >= 4 is 40.9 Å². The quantitative estimate of drug-likeness (QED) is 0.654. The SMILES string of the molecule is COc1ccc([C@@H]2c3sc(=O)[nH]c3S[C@@H]3[C@H]4C[C@@H]([C@@H]5C(=O)N(CC(=O)O)C(=O)[C@H]45)[C@@H]23)cc1. The summed E-state index contributed by atoms with van der Waals surface area (Å²) in [6.07, 6.45) is 0.780. The molecule has 2 N–H and O–H groups in total. The second kappa shape index (κ2) is 6.95. The number of H-pyrrole nitrogens is 1. The van der Waals surface area contributed by atoms with E-state index in [9.17, 15) is 24.3 Å². The van der Waals surface area contributed by atoms with E-state index in [1.54, 1.807) is 18.9 Å². The van der Waals surface area contributed by atoms with Gasteiger partial charge < -0.3 is 14.8 Å². The normalized spacial score (nSPS) is 34.4. The van der Waals surface area contributed by atoms with E-state index in [-0.39, 0.29) is 45.6 Å². The van der Waals surface area contributed by atoms with Crippen molar-refractivity contribution in [3.63, 3.8) is 0 Å². The summed E-state index contributed by atoms with van der Waals surface area (Å²) in [6.45, 7) is -0.574. The highest BCUT2D eigenvalue weighted by atomic mass is 32.2. The van der Waals surface area contributed by atoms with Gasteiger partial charge in [-0.3, -0.25) is 24.1 Å². The zero-order valence-electron chi connectivity index (χ0n) is 17.0. The van der Waals surface area contributed by atoms with Gasteiger partial charge in [0.05, 0.1) is 24.0 Å². The minimum Gasteiger partial charge on any atom is -0.497 e. The molecule has 2 bridgehead atoms. The highest BCUT2D eigenvalue weighted by molar-refractivity contribution is 8.00. The molecule has 166 valence electrons. The molecule has 0 radical (unpaired) electrons. The number of rotatable bonds is 4. The standard InChI is InChI=1S/C22H20N2O6S2/c1-30-9-4-2-8(3-5-9)13-14-10-6-11(17(14)31-19-18(13)32-22(29)23-19)16-15(10)20(27)24(21(16)28)7-12(25)26/h2-5,10-11,13-17H,6-7H2,1H3,(H,23,29)(H,25,26)/t10-,11+,13+,14+,15+,16-,17-/m1/s1. The van der Waals surface area contributed by atoms with Gasteiger partial charge in [-0.2, -0.15) is 0 Å². The van der Waals surface area contributed by atoms with Crippen LogP contribution in [0.4, 0.5) is 0 Å². The van der Waals surface area contributed by atoms with Gasteiger partial charge in [0.2, 0.25) is 11.8 Å². The lowest BCUT2D eigenvalue weighted by atomic mass is 9.68. The van der Waals surface area contributed by atoms with E-state index in [1.165, 1.54) is 11.3 Å². The number of thioether (sulfide) groups is 1. The first-order valence-electron chi connectivity index (χ1n) is 10.5. The fraction of sp³-hybridized carbons (Fsp3) is 0.455. The number of nitrogens with one attached hydrogen (secondary N) is 1. The minimum atomic E-state index is -1.18. The van der Waals surface area contributed by atoms with Gasteiger partial charge in [0.15, 0.2) is 0 Å². The van der Waals surface area contributed by atoms with E-state index in [4.69, 9.17) is 4.74 Å². The summed E-state index contributed by atoms with van der Waals surface area (Å²) in [7, 11) is 1.61. The summed E-state index contributed by atoms with van der Waals surface area (Å²) in [5.74, 6) is -2.04. The van der Waals surface area contributed by atoms with Gasteiger partial charge in [-0.1, -0.05) is 23.5 Å². The Morgan fingerprint density at radius 3 is 2.50 bits per heavy atom. The van der Waals surface area contributed by atoms with E-state index in [2.05, 4.69) is 4.98 Å². The molecule has 2 aliphatic carbocycles. The third-order valence-corrected chi connectivity index (χ3v) is 10.2. The molecular weight excluding hydrogens is 452 g/mol. The smallest absolute Gasteiger partial charge is 0.323 e. The summed E-state index contributed by atoms with van der Waals surface area (Å²) in [6, 6.07) is 7.81. The maximum absolute atomic E-state index is 13.1. The number of nitrogens with zero attached hydrogens (tertiary/aromatic N) is 1. The number of aromatic nitrogens is 1. The van der Waals surface area contributed by atoms with Crippen LogP contribution in [0.5, 0.6) is 5.75 Å². The lowest BCUT2D eigenvalue weighted by Crippen LogP contribution is -2.42. The Hall–Kier alpha value is -2.59. The van der Waals surface area contributed by atoms with Crippen LogP contribution in [0.25, 0.3) is 0 Å². The summed E-state index contributed by atoms with van der Waals surface area (Å²) in [5, 5.41) is 10.1. The molecule has 32 heavy (non-hydrogen) atoms. The molecule has 2 aromatic rings. The molecule has 6 rings (SSSR count). The van der Waals surface area contributed by atoms with E-state index >= 15 is 0 Å². The average molecular weight is 473 g/mol. The van der Waals surface area contributed by atoms with Crippen molar-refractivity contribution in [2.75, 3.05) is 13.7 Å². The predicted molar refractivity (Wildman–Crippen MR) is 116 cm³/mol. The number of imide groups is 1. The van der Waals surface area contributed by atoms with Crippen LogP contribution in [0.2, 0.25) is 0 Å². The first-order chi connectivity index (χ1) is 15.4. The maximum Gasteiger partial charge on any atom is 0.323 e. The van der Waals surface area contributed by atoms with Crippen LogP contribution in [0, 0.1) is 29.6 Å². The molecule has 0 unspecified atom stereocenters. The first kappa shape index (κ1) is 20.0. The average Bonchev–Trinajstić information content (AvgIpc) is 3.49. The number of carbonyl (C=O) groups is 3. The molecule has 1 saturated heterocycles. The number of amides is 2. The predicted octanol–water partition coefficient (Wildman–Crippen LogP) is 2.00. The van der Waals surface area contributed by atoms with E-state index < -0.39 is 24.3 Å². The Morgan fingerprint density at radius 2 is 1.84 bits per heavy atom. The summed E-state index contributed by atoms with van der Waals surface area (Å²) in [4.78, 5) is 54.4. The number of hydrogen-bond donors (Lipinski definition) is 2. The van der Waals surface area contributed by atoms with Crippen LogP contribution in [0.1, 0.15) is 22.8 Å². The van der Waals surface area contributed by atoms with Crippen LogP contribution in [0.15, 0.2) is 34.1 Å². The summed E-state index contributed by atoms with van der Waals surface area (Å²) < 4.78 is 5.30. The fourth-order valence-electron chi connectivity index (χ4n) is 6.55. The molecule has 3 heterocycles. The molecule has 7 atom stereocenters. The van der Waals surface area contributed by atoms with Crippen LogP contribution in [-0.4, -0.2) is 51.7 Å². The molecule has 4 aliphatic rings. The Balaban J connectivity index is 1.44. The molecule has 1 aromatic carbocycles. The van der Waals surface area contributed by atoms with E-state index in [0.717, 1.165) is 32.5 Å². The van der Waals surface area contributed by atoms with Crippen LogP contribution in [-0.2, 0) is 14.4 Å².